The standard InChI is InChI=1S/C12H9ClN2O/c13-9-1-2-11(14)10(7-9)12(16)8-3-5-15-6-4-8/h1-7H,14H2. The van der Waals surface area contributed by atoms with Gasteiger partial charge in [-0.2, -0.15) is 0 Å². The second-order valence-electron chi connectivity index (χ2n) is 3.30. The van der Waals surface area contributed by atoms with Gasteiger partial charge < -0.3 is 5.73 Å². The van der Waals surface area contributed by atoms with E-state index in [2.05, 4.69) is 4.98 Å². The van der Waals surface area contributed by atoms with Crippen LogP contribution in [0.4, 0.5) is 5.69 Å². The molecule has 0 unspecified atom stereocenters. The van der Waals surface area contributed by atoms with Crippen molar-refractivity contribution in [1.82, 2.24) is 4.98 Å². The number of aromatic nitrogens is 1. The second-order valence-corrected chi connectivity index (χ2v) is 3.73. The lowest BCUT2D eigenvalue weighted by Gasteiger charge is -2.04. The summed E-state index contributed by atoms with van der Waals surface area (Å²) >= 11 is 5.83. The Hall–Kier alpha value is -1.87. The molecule has 0 aliphatic rings. The van der Waals surface area contributed by atoms with Crippen LogP contribution in [0.25, 0.3) is 0 Å². The normalized spacial score (nSPS) is 10.1. The van der Waals surface area contributed by atoms with Crippen molar-refractivity contribution < 1.29 is 4.79 Å². The van der Waals surface area contributed by atoms with Gasteiger partial charge in [0.1, 0.15) is 0 Å². The molecule has 0 fully saturated rings. The Kier molecular flexibility index (Phi) is 2.88. The lowest BCUT2D eigenvalue weighted by Crippen LogP contribution is -2.05. The van der Waals surface area contributed by atoms with E-state index in [0.29, 0.717) is 21.8 Å². The molecule has 1 aromatic heterocycles. The van der Waals surface area contributed by atoms with Crippen molar-refractivity contribution >= 4 is 23.1 Å². The zero-order chi connectivity index (χ0) is 11.5. The van der Waals surface area contributed by atoms with Crippen molar-refractivity contribution in [2.24, 2.45) is 0 Å². The van der Waals surface area contributed by atoms with Crippen LogP contribution in [0.3, 0.4) is 0 Å². The van der Waals surface area contributed by atoms with Crippen LogP contribution in [-0.4, -0.2) is 10.8 Å². The van der Waals surface area contributed by atoms with Crippen LogP contribution in [0.1, 0.15) is 15.9 Å². The van der Waals surface area contributed by atoms with Gasteiger partial charge in [0, 0.05) is 34.2 Å². The lowest BCUT2D eigenvalue weighted by atomic mass is 10.0. The van der Waals surface area contributed by atoms with Gasteiger partial charge in [-0.3, -0.25) is 9.78 Å². The summed E-state index contributed by atoms with van der Waals surface area (Å²) in [5.41, 5.74) is 7.12. The summed E-state index contributed by atoms with van der Waals surface area (Å²) in [6.07, 6.45) is 3.13. The Balaban J connectivity index is 2.46. The van der Waals surface area contributed by atoms with Gasteiger partial charge in [-0.1, -0.05) is 11.6 Å². The molecule has 0 saturated heterocycles. The number of carbonyl (C=O) groups is 1. The fourth-order valence-corrected chi connectivity index (χ4v) is 1.56. The third-order valence-corrected chi connectivity index (χ3v) is 2.44. The summed E-state index contributed by atoms with van der Waals surface area (Å²) in [6, 6.07) is 8.13. The number of halogens is 1. The SMILES string of the molecule is Nc1ccc(Cl)cc1C(=O)c1ccncc1. The first-order valence-corrected chi connectivity index (χ1v) is 5.06. The fraction of sp³-hybridized carbons (Fsp3) is 0. The highest BCUT2D eigenvalue weighted by Gasteiger charge is 2.12. The Labute approximate surface area is 97.9 Å². The average Bonchev–Trinajstić information content (AvgIpc) is 2.32. The number of nitrogen functional groups attached to an aromatic ring is 1. The molecular formula is C12H9ClN2O. The zero-order valence-corrected chi connectivity index (χ0v) is 9.11. The van der Waals surface area contributed by atoms with Crippen molar-refractivity contribution in [1.29, 1.82) is 0 Å². The van der Waals surface area contributed by atoms with E-state index < -0.39 is 0 Å². The second kappa shape index (κ2) is 4.33. The Bertz CT molecular complexity index is 526. The maximum absolute atomic E-state index is 12.1. The highest BCUT2D eigenvalue weighted by molar-refractivity contribution is 6.31. The van der Waals surface area contributed by atoms with Crippen molar-refractivity contribution in [2.45, 2.75) is 0 Å². The van der Waals surface area contributed by atoms with Crippen LogP contribution in [-0.2, 0) is 0 Å². The third-order valence-electron chi connectivity index (χ3n) is 2.20. The number of benzene rings is 1. The smallest absolute Gasteiger partial charge is 0.195 e. The number of carbonyl (C=O) groups excluding carboxylic acids is 1. The average molecular weight is 233 g/mol. The van der Waals surface area contributed by atoms with Crippen LogP contribution in [0.2, 0.25) is 5.02 Å². The van der Waals surface area contributed by atoms with Crippen LogP contribution < -0.4 is 5.73 Å². The van der Waals surface area contributed by atoms with E-state index in [4.69, 9.17) is 17.3 Å². The number of ketones is 1. The van der Waals surface area contributed by atoms with Crippen LogP contribution >= 0.6 is 11.6 Å². The maximum atomic E-state index is 12.1. The highest BCUT2D eigenvalue weighted by Crippen LogP contribution is 2.20. The van der Waals surface area contributed by atoms with E-state index in [9.17, 15) is 4.79 Å². The molecule has 16 heavy (non-hydrogen) atoms. The molecule has 2 N–H and O–H groups in total. The monoisotopic (exact) mass is 232 g/mol. The minimum atomic E-state index is -0.151. The molecule has 1 heterocycles. The van der Waals surface area contributed by atoms with E-state index in [-0.39, 0.29) is 5.78 Å². The van der Waals surface area contributed by atoms with E-state index in [0.717, 1.165) is 0 Å². The van der Waals surface area contributed by atoms with Gasteiger partial charge in [0.05, 0.1) is 0 Å². The first kappa shape index (κ1) is 10.6. The molecule has 3 nitrogen and oxygen atoms in total. The summed E-state index contributed by atoms with van der Waals surface area (Å²) < 4.78 is 0. The van der Waals surface area contributed by atoms with Gasteiger partial charge in [-0.05, 0) is 30.3 Å². The molecule has 0 atom stereocenters. The summed E-state index contributed by atoms with van der Waals surface area (Å²) in [5.74, 6) is -0.151. The first-order chi connectivity index (χ1) is 7.68. The molecule has 2 aromatic rings. The molecular weight excluding hydrogens is 224 g/mol. The van der Waals surface area contributed by atoms with Gasteiger partial charge in [-0.15, -0.1) is 0 Å². The van der Waals surface area contributed by atoms with Crippen LogP contribution in [0, 0.1) is 0 Å². The molecule has 0 radical (unpaired) electrons. The molecule has 0 aliphatic carbocycles. The minimum absolute atomic E-state index is 0.151. The van der Waals surface area contributed by atoms with Gasteiger partial charge in [-0.25, -0.2) is 0 Å². The van der Waals surface area contributed by atoms with Crippen LogP contribution in [0.5, 0.6) is 0 Å². The Morgan fingerprint density at radius 2 is 1.88 bits per heavy atom. The summed E-state index contributed by atoms with van der Waals surface area (Å²) in [7, 11) is 0. The van der Waals surface area contributed by atoms with Gasteiger partial charge in [0.2, 0.25) is 0 Å². The summed E-state index contributed by atoms with van der Waals surface area (Å²) in [5, 5.41) is 0.492. The number of nitrogens with two attached hydrogens (primary N) is 1. The van der Waals surface area contributed by atoms with Crippen molar-refractivity contribution in [3.63, 3.8) is 0 Å². The summed E-state index contributed by atoms with van der Waals surface area (Å²) in [4.78, 5) is 15.9. The van der Waals surface area contributed by atoms with Crippen LogP contribution in [0.15, 0.2) is 42.7 Å². The van der Waals surface area contributed by atoms with E-state index in [1.807, 2.05) is 0 Å². The minimum Gasteiger partial charge on any atom is -0.398 e. The van der Waals surface area contributed by atoms with Crippen molar-refractivity contribution in [2.75, 3.05) is 5.73 Å². The van der Waals surface area contributed by atoms with E-state index in [1.165, 1.54) is 0 Å². The molecule has 1 aromatic carbocycles. The molecule has 2 rings (SSSR count). The molecule has 0 saturated carbocycles. The first-order valence-electron chi connectivity index (χ1n) is 4.68. The highest BCUT2D eigenvalue weighted by atomic mass is 35.5. The maximum Gasteiger partial charge on any atom is 0.195 e. The quantitative estimate of drug-likeness (QED) is 0.640. The van der Waals surface area contributed by atoms with Gasteiger partial charge in [0.15, 0.2) is 5.78 Å². The number of anilines is 1. The molecule has 80 valence electrons. The molecule has 0 aliphatic heterocycles. The predicted octanol–water partition coefficient (Wildman–Crippen LogP) is 2.55. The van der Waals surface area contributed by atoms with Gasteiger partial charge in [0.25, 0.3) is 0 Å². The third kappa shape index (κ3) is 2.04. The molecule has 0 spiro atoms. The number of nitrogens with zero attached hydrogens (tertiary/aromatic N) is 1. The Morgan fingerprint density at radius 3 is 2.56 bits per heavy atom. The zero-order valence-electron chi connectivity index (χ0n) is 8.35. The number of rotatable bonds is 2. The number of hydrogen-bond acceptors (Lipinski definition) is 3. The van der Waals surface area contributed by atoms with E-state index in [1.54, 1.807) is 42.7 Å². The fourth-order valence-electron chi connectivity index (χ4n) is 1.38. The largest absolute Gasteiger partial charge is 0.398 e. The van der Waals surface area contributed by atoms with Crippen molar-refractivity contribution in [3.05, 3.63) is 58.9 Å². The molecule has 0 amide bonds. The van der Waals surface area contributed by atoms with E-state index >= 15 is 0 Å². The number of hydrogen-bond donors (Lipinski definition) is 1. The number of pyridine rings is 1. The summed E-state index contributed by atoms with van der Waals surface area (Å²) in [6.45, 7) is 0. The predicted molar refractivity (Wildman–Crippen MR) is 63.5 cm³/mol. The van der Waals surface area contributed by atoms with Gasteiger partial charge >= 0.3 is 0 Å². The lowest BCUT2D eigenvalue weighted by molar-refractivity contribution is 0.103. The topological polar surface area (TPSA) is 56.0 Å². The van der Waals surface area contributed by atoms with Crippen molar-refractivity contribution in [3.8, 4) is 0 Å². The molecule has 4 heteroatoms. The Morgan fingerprint density at radius 1 is 1.19 bits per heavy atom. The molecule has 0 bridgehead atoms.